The summed E-state index contributed by atoms with van der Waals surface area (Å²) in [6, 6.07) is 11.5. The maximum absolute atomic E-state index is 4.52. The Morgan fingerprint density at radius 2 is 2.20 bits per heavy atom. The van der Waals surface area contributed by atoms with Gasteiger partial charge in [0.05, 0.1) is 5.69 Å². The van der Waals surface area contributed by atoms with Crippen molar-refractivity contribution in [3.63, 3.8) is 0 Å². The van der Waals surface area contributed by atoms with Crippen LogP contribution in [-0.2, 0) is 19.4 Å². The number of nitrogens with zero attached hydrogens (tertiary/aromatic N) is 1. The lowest BCUT2D eigenvalue weighted by molar-refractivity contribution is 0.523. The monoisotopic (exact) mass is 266 g/mol. The van der Waals surface area contributed by atoms with Crippen LogP contribution in [0.1, 0.15) is 47.3 Å². The van der Waals surface area contributed by atoms with Crippen molar-refractivity contribution in [2.24, 2.45) is 0 Å². The minimum absolute atomic E-state index is 0.483. The zero-order chi connectivity index (χ0) is 13.9. The summed E-state index contributed by atoms with van der Waals surface area (Å²) in [5.41, 5.74) is 6.88. The Morgan fingerprint density at radius 1 is 1.30 bits per heavy atom. The number of aryl methyl sites for hydroxylation is 3. The van der Waals surface area contributed by atoms with E-state index in [-0.39, 0.29) is 0 Å². The number of hydrogen-bond donors (Lipinski definition) is 1. The fourth-order valence-electron chi connectivity index (χ4n) is 3.11. The third-order valence-electron chi connectivity index (χ3n) is 4.26. The first kappa shape index (κ1) is 13.3. The molecule has 1 aliphatic rings. The summed E-state index contributed by atoms with van der Waals surface area (Å²) in [6.07, 6.45) is 5.33. The predicted molar refractivity (Wildman–Crippen MR) is 82.7 cm³/mol. The molecule has 0 aliphatic heterocycles. The van der Waals surface area contributed by atoms with E-state index in [4.69, 9.17) is 0 Å². The molecular formula is C18H22N2. The molecule has 1 unspecified atom stereocenters. The summed E-state index contributed by atoms with van der Waals surface area (Å²) in [4.78, 5) is 4.52. The SMILES string of the molecule is CCc1cccnc1CNC1CCc2ccc(C)cc21. The van der Waals surface area contributed by atoms with Gasteiger partial charge in [0.2, 0.25) is 0 Å². The molecule has 0 saturated heterocycles. The van der Waals surface area contributed by atoms with E-state index in [1.165, 1.54) is 40.8 Å². The van der Waals surface area contributed by atoms with Gasteiger partial charge in [-0.1, -0.05) is 36.8 Å². The first-order valence-electron chi connectivity index (χ1n) is 7.53. The van der Waals surface area contributed by atoms with Crippen molar-refractivity contribution < 1.29 is 0 Å². The molecule has 1 aromatic carbocycles. The van der Waals surface area contributed by atoms with Gasteiger partial charge in [0.15, 0.2) is 0 Å². The number of pyridine rings is 1. The van der Waals surface area contributed by atoms with Crippen LogP contribution in [0.2, 0.25) is 0 Å². The van der Waals surface area contributed by atoms with E-state index >= 15 is 0 Å². The van der Waals surface area contributed by atoms with Crippen LogP contribution in [0.5, 0.6) is 0 Å². The highest BCUT2D eigenvalue weighted by Crippen LogP contribution is 2.31. The molecule has 1 heterocycles. The smallest absolute Gasteiger partial charge is 0.0573 e. The number of hydrogen-bond acceptors (Lipinski definition) is 2. The average Bonchev–Trinajstić information content (AvgIpc) is 2.87. The van der Waals surface area contributed by atoms with Crippen LogP contribution in [-0.4, -0.2) is 4.98 Å². The highest BCUT2D eigenvalue weighted by atomic mass is 14.9. The van der Waals surface area contributed by atoms with Gasteiger partial charge in [0, 0.05) is 18.8 Å². The molecule has 1 atom stereocenters. The molecule has 2 nitrogen and oxygen atoms in total. The fraction of sp³-hybridized carbons (Fsp3) is 0.389. The average molecular weight is 266 g/mol. The lowest BCUT2D eigenvalue weighted by atomic mass is 10.0. The zero-order valence-electron chi connectivity index (χ0n) is 12.3. The minimum Gasteiger partial charge on any atom is -0.304 e. The quantitative estimate of drug-likeness (QED) is 0.912. The summed E-state index contributed by atoms with van der Waals surface area (Å²) in [6.45, 7) is 5.22. The predicted octanol–water partition coefficient (Wildman–Crippen LogP) is 3.73. The van der Waals surface area contributed by atoms with Crippen molar-refractivity contribution in [1.82, 2.24) is 10.3 Å². The summed E-state index contributed by atoms with van der Waals surface area (Å²) in [7, 11) is 0. The molecule has 1 N–H and O–H groups in total. The molecule has 0 bridgehead atoms. The number of benzene rings is 1. The van der Waals surface area contributed by atoms with Crippen LogP contribution < -0.4 is 5.32 Å². The molecule has 0 amide bonds. The van der Waals surface area contributed by atoms with E-state index in [1.54, 1.807) is 0 Å². The van der Waals surface area contributed by atoms with Crippen molar-refractivity contribution in [3.05, 3.63) is 64.5 Å². The van der Waals surface area contributed by atoms with Crippen LogP contribution in [0.4, 0.5) is 0 Å². The van der Waals surface area contributed by atoms with E-state index in [1.807, 2.05) is 12.3 Å². The Balaban J connectivity index is 1.73. The van der Waals surface area contributed by atoms with Gasteiger partial charge in [-0.15, -0.1) is 0 Å². The molecule has 0 fully saturated rings. The summed E-state index contributed by atoms with van der Waals surface area (Å²) in [5, 5.41) is 3.69. The molecule has 0 spiro atoms. The van der Waals surface area contributed by atoms with Crippen LogP contribution in [0.25, 0.3) is 0 Å². The van der Waals surface area contributed by atoms with Crippen molar-refractivity contribution >= 4 is 0 Å². The van der Waals surface area contributed by atoms with Gasteiger partial charge in [-0.3, -0.25) is 4.98 Å². The van der Waals surface area contributed by atoms with Crippen LogP contribution >= 0.6 is 0 Å². The largest absolute Gasteiger partial charge is 0.304 e. The molecule has 104 valence electrons. The van der Waals surface area contributed by atoms with E-state index < -0.39 is 0 Å². The van der Waals surface area contributed by atoms with Gasteiger partial charge in [0.25, 0.3) is 0 Å². The van der Waals surface area contributed by atoms with Gasteiger partial charge < -0.3 is 5.32 Å². The van der Waals surface area contributed by atoms with Gasteiger partial charge >= 0.3 is 0 Å². The second-order valence-corrected chi connectivity index (χ2v) is 5.64. The van der Waals surface area contributed by atoms with E-state index in [0.29, 0.717) is 6.04 Å². The standard InChI is InChI=1S/C18H22N2/c1-3-14-5-4-10-19-18(14)12-20-17-9-8-15-7-6-13(2)11-16(15)17/h4-7,10-11,17,20H,3,8-9,12H2,1-2H3. The van der Waals surface area contributed by atoms with E-state index in [0.717, 1.165) is 13.0 Å². The second-order valence-electron chi connectivity index (χ2n) is 5.64. The van der Waals surface area contributed by atoms with Gasteiger partial charge in [-0.25, -0.2) is 0 Å². The van der Waals surface area contributed by atoms with Gasteiger partial charge in [-0.05, 0) is 48.9 Å². The topological polar surface area (TPSA) is 24.9 Å². The highest BCUT2D eigenvalue weighted by Gasteiger charge is 2.22. The summed E-state index contributed by atoms with van der Waals surface area (Å²) < 4.78 is 0. The third kappa shape index (κ3) is 2.61. The minimum atomic E-state index is 0.483. The zero-order valence-corrected chi connectivity index (χ0v) is 12.3. The Kier molecular flexibility index (Phi) is 3.83. The molecule has 0 saturated carbocycles. The molecule has 3 rings (SSSR count). The van der Waals surface area contributed by atoms with Gasteiger partial charge in [-0.2, -0.15) is 0 Å². The van der Waals surface area contributed by atoms with Crippen molar-refractivity contribution in [2.45, 2.75) is 45.7 Å². The molecule has 2 heteroatoms. The first-order chi connectivity index (χ1) is 9.78. The second kappa shape index (κ2) is 5.76. The summed E-state index contributed by atoms with van der Waals surface area (Å²) in [5.74, 6) is 0. The maximum atomic E-state index is 4.52. The van der Waals surface area contributed by atoms with Crippen LogP contribution in [0.15, 0.2) is 36.5 Å². The Labute approximate surface area is 121 Å². The summed E-state index contributed by atoms with van der Waals surface area (Å²) >= 11 is 0. The first-order valence-corrected chi connectivity index (χ1v) is 7.53. The van der Waals surface area contributed by atoms with Crippen molar-refractivity contribution in [2.75, 3.05) is 0 Å². The van der Waals surface area contributed by atoms with Crippen molar-refractivity contribution in [1.29, 1.82) is 0 Å². The number of nitrogens with one attached hydrogen (secondary N) is 1. The molecular weight excluding hydrogens is 244 g/mol. The highest BCUT2D eigenvalue weighted by molar-refractivity contribution is 5.37. The number of rotatable bonds is 4. The Bertz CT molecular complexity index is 604. The third-order valence-corrected chi connectivity index (χ3v) is 4.26. The van der Waals surface area contributed by atoms with Gasteiger partial charge in [0.1, 0.15) is 0 Å². The molecule has 0 radical (unpaired) electrons. The molecule has 2 aromatic rings. The normalized spacial score (nSPS) is 17.2. The number of aromatic nitrogens is 1. The molecule has 20 heavy (non-hydrogen) atoms. The maximum Gasteiger partial charge on any atom is 0.0573 e. The number of fused-ring (bicyclic) bond motifs is 1. The fourth-order valence-corrected chi connectivity index (χ4v) is 3.11. The van der Waals surface area contributed by atoms with Crippen molar-refractivity contribution in [3.8, 4) is 0 Å². The van der Waals surface area contributed by atoms with E-state index in [2.05, 4.69) is 48.4 Å². The molecule has 1 aliphatic carbocycles. The van der Waals surface area contributed by atoms with Crippen LogP contribution in [0, 0.1) is 6.92 Å². The van der Waals surface area contributed by atoms with E-state index in [9.17, 15) is 0 Å². The lowest BCUT2D eigenvalue weighted by Gasteiger charge is -2.15. The molecule has 1 aromatic heterocycles. The van der Waals surface area contributed by atoms with Crippen LogP contribution in [0.3, 0.4) is 0 Å². The lowest BCUT2D eigenvalue weighted by Crippen LogP contribution is -2.20. The Morgan fingerprint density at radius 3 is 3.05 bits per heavy atom. The Hall–Kier alpha value is -1.67.